The normalized spacial score (nSPS) is 30.1. The molecule has 1 heterocycles. The number of rotatable bonds is 3. The molecule has 0 radical (unpaired) electrons. The second kappa shape index (κ2) is 3.82. The molecule has 1 saturated heterocycles. The van der Waals surface area contributed by atoms with Crippen molar-refractivity contribution in [2.24, 2.45) is 11.8 Å². The third kappa shape index (κ3) is 1.46. The number of likely N-dealkylation sites (tertiary alicyclic amines) is 1. The Bertz CT molecular complexity index is 302. The van der Waals surface area contributed by atoms with E-state index in [1.165, 1.54) is 6.92 Å². The molecule has 2 atom stereocenters. The van der Waals surface area contributed by atoms with Gasteiger partial charge in [0.25, 0.3) is 0 Å². The third-order valence-electron chi connectivity index (χ3n) is 3.79. The topological polar surface area (TPSA) is 77.8 Å². The van der Waals surface area contributed by atoms with Gasteiger partial charge in [-0.15, -0.1) is 0 Å². The summed E-state index contributed by atoms with van der Waals surface area (Å²) in [6, 6.07) is 0. The number of carbonyl (C=O) groups is 2. The zero-order chi connectivity index (χ0) is 11.9. The molecular weight excluding hydrogens is 210 g/mol. The van der Waals surface area contributed by atoms with Crippen LogP contribution in [-0.2, 0) is 9.59 Å². The summed E-state index contributed by atoms with van der Waals surface area (Å²) in [6.07, 6.45) is 2.14. The van der Waals surface area contributed by atoms with Gasteiger partial charge >= 0.3 is 0 Å². The maximum absolute atomic E-state index is 12.0. The van der Waals surface area contributed by atoms with E-state index < -0.39 is 18.8 Å². The smallest absolute Gasteiger partial charge is 0.232 e. The van der Waals surface area contributed by atoms with Gasteiger partial charge in [0.1, 0.15) is 0 Å². The molecule has 1 aliphatic carbocycles. The molecule has 16 heavy (non-hydrogen) atoms. The van der Waals surface area contributed by atoms with Crippen LogP contribution in [0.25, 0.3) is 0 Å². The lowest BCUT2D eigenvalue weighted by atomic mass is 9.91. The summed E-state index contributed by atoms with van der Waals surface area (Å²) in [4.78, 5) is 25.2. The molecule has 90 valence electrons. The maximum Gasteiger partial charge on any atom is 0.232 e. The highest BCUT2D eigenvalue weighted by atomic mass is 16.3. The first kappa shape index (κ1) is 11.5. The zero-order valence-corrected chi connectivity index (χ0v) is 9.35. The van der Waals surface area contributed by atoms with Crippen molar-refractivity contribution >= 4 is 11.8 Å². The van der Waals surface area contributed by atoms with Crippen molar-refractivity contribution in [3.8, 4) is 0 Å². The molecule has 1 saturated carbocycles. The lowest BCUT2D eigenvalue weighted by Crippen LogP contribution is -2.61. The van der Waals surface area contributed by atoms with Crippen LogP contribution in [0.5, 0.6) is 0 Å². The molecule has 2 unspecified atom stereocenters. The zero-order valence-electron chi connectivity index (χ0n) is 9.35. The minimum Gasteiger partial charge on any atom is -0.394 e. The van der Waals surface area contributed by atoms with E-state index in [0.29, 0.717) is 6.42 Å². The summed E-state index contributed by atoms with van der Waals surface area (Å²) in [5.41, 5.74) is -1.16. The van der Waals surface area contributed by atoms with E-state index >= 15 is 0 Å². The van der Waals surface area contributed by atoms with Crippen LogP contribution >= 0.6 is 0 Å². The van der Waals surface area contributed by atoms with Crippen molar-refractivity contribution in [3.05, 3.63) is 0 Å². The lowest BCUT2D eigenvalue weighted by Gasteiger charge is -2.41. The number of hydrogen-bond donors (Lipinski definition) is 2. The standard InChI is InChI=1S/C11H17NO4/c1-11(5-13,6-14)12-9(15)7-2-3-8(4-7)10(12)16/h7-8,13-14H,2-6H2,1H3. The molecule has 2 N–H and O–H groups in total. The van der Waals surface area contributed by atoms with Gasteiger partial charge in [-0.25, -0.2) is 0 Å². The van der Waals surface area contributed by atoms with E-state index in [9.17, 15) is 19.8 Å². The Morgan fingerprint density at radius 1 is 1.19 bits per heavy atom. The first-order valence-electron chi connectivity index (χ1n) is 5.63. The van der Waals surface area contributed by atoms with Gasteiger partial charge in [-0.05, 0) is 26.2 Å². The predicted octanol–water partition coefficient (Wildman–Crippen LogP) is -0.485. The second-order valence-electron chi connectivity index (χ2n) is 5.03. The monoisotopic (exact) mass is 227 g/mol. The number of aliphatic hydroxyl groups is 2. The summed E-state index contributed by atoms with van der Waals surface area (Å²) in [6.45, 7) is 0.731. The van der Waals surface area contributed by atoms with Crippen LogP contribution in [0, 0.1) is 11.8 Å². The highest BCUT2D eigenvalue weighted by molar-refractivity contribution is 6.01. The molecule has 1 aliphatic heterocycles. The van der Waals surface area contributed by atoms with Crippen LogP contribution in [0.2, 0.25) is 0 Å². The van der Waals surface area contributed by atoms with E-state index in [0.717, 1.165) is 17.7 Å². The van der Waals surface area contributed by atoms with E-state index in [1.807, 2.05) is 0 Å². The molecule has 0 spiro atoms. The number of imide groups is 1. The molecule has 0 aromatic rings. The average Bonchev–Trinajstić information content (AvgIpc) is 2.73. The number of aliphatic hydroxyl groups excluding tert-OH is 2. The fourth-order valence-corrected chi connectivity index (χ4v) is 2.63. The van der Waals surface area contributed by atoms with Crippen molar-refractivity contribution in [3.63, 3.8) is 0 Å². The minimum atomic E-state index is -1.16. The van der Waals surface area contributed by atoms with Crippen LogP contribution in [0.4, 0.5) is 0 Å². The van der Waals surface area contributed by atoms with Crippen LogP contribution in [0.1, 0.15) is 26.2 Å². The summed E-state index contributed by atoms with van der Waals surface area (Å²) in [5, 5.41) is 18.5. The van der Waals surface area contributed by atoms with Gasteiger partial charge in [0, 0.05) is 11.8 Å². The number of nitrogens with zero attached hydrogens (tertiary/aromatic N) is 1. The van der Waals surface area contributed by atoms with Crippen molar-refractivity contribution in [1.82, 2.24) is 4.90 Å². The first-order valence-corrected chi connectivity index (χ1v) is 5.63. The van der Waals surface area contributed by atoms with Gasteiger partial charge in [-0.2, -0.15) is 0 Å². The van der Waals surface area contributed by atoms with Gasteiger partial charge in [0.2, 0.25) is 11.8 Å². The van der Waals surface area contributed by atoms with Crippen LogP contribution in [0.3, 0.4) is 0 Å². The molecule has 0 aromatic heterocycles. The molecule has 0 aromatic carbocycles. The number of fused-ring (bicyclic) bond motifs is 2. The Balaban J connectivity index is 2.32. The Kier molecular flexibility index (Phi) is 2.75. The Morgan fingerprint density at radius 2 is 1.62 bits per heavy atom. The summed E-state index contributed by atoms with van der Waals surface area (Å²) < 4.78 is 0. The maximum atomic E-state index is 12.0. The van der Waals surface area contributed by atoms with E-state index in [1.54, 1.807) is 0 Å². The van der Waals surface area contributed by atoms with Crippen molar-refractivity contribution in [2.45, 2.75) is 31.7 Å². The number of amides is 2. The molecule has 5 heteroatoms. The summed E-state index contributed by atoms with van der Waals surface area (Å²) in [7, 11) is 0. The Hall–Kier alpha value is -0.940. The van der Waals surface area contributed by atoms with Crippen molar-refractivity contribution in [2.75, 3.05) is 13.2 Å². The number of piperidine rings is 1. The van der Waals surface area contributed by atoms with Gasteiger partial charge in [-0.3, -0.25) is 14.5 Å². The molecule has 2 aliphatic rings. The second-order valence-corrected chi connectivity index (χ2v) is 5.03. The fraction of sp³-hybridized carbons (Fsp3) is 0.818. The lowest BCUT2D eigenvalue weighted by molar-refractivity contribution is -0.164. The SMILES string of the molecule is CC(CO)(CO)N1C(=O)C2CCC(C2)C1=O. The fourth-order valence-electron chi connectivity index (χ4n) is 2.63. The molecule has 2 rings (SSSR count). The Morgan fingerprint density at radius 3 is 2.00 bits per heavy atom. The molecule has 2 amide bonds. The first-order chi connectivity index (χ1) is 7.53. The third-order valence-corrected chi connectivity index (χ3v) is 3.79. The van der Waals surface area contributed by atoms with Gasteiger partial charge < -0.3 is 10.2 Å². The molecule has 2 fully saturated rings. The van der Waals surface area contributed by atoms with Gasteiger partial charge in [0.05, 0.1) is 18.8 Å². The van der Waals surface area contributed by atoms with Gasteiger partial charge in [-0.1, -0.05) is 0 Å². The molecule has 5 nitrogen and oxygen atoms in total. The highest BCUT2D eigenvalue weighted by Crippen LogP contribution is 2.40. The Labute approximate surface area is 94.0 Å². The van der Waals surface area contributed by atoms with Crippen LogP contribution in [-0.4, -0.2) is 45.7 Å². The minimum absolute atomic E-state index is 0.0971. The summed E-state index contributed by atoms with van der Waals surface area (Å²) in [5.74, 6) is -0.658. The largest absolute Gasteiger partial charge is 0.394 e. The van der Waals surface area contributed by atoms with E-state index in [-0.39, 0.29) is 23.7 Å². The van der Waals surface area contributed by atoms with Crippen LogP contribution < -0.4 is 0 Å². The van der Waals surface area contributed by atoms with Gasteiger partial charge in [0.15, 0.2) is 0 Å². The quantitative estimate of drug-likeness (QED) is 0.638. The molecular formula is C11H17NO4. The summed E-state index contributed by atoms with van der Waals surface area (Å²) >= 11 is 0. The van der Waals surface area contributed by atoms with E-state index in [2.05, 4.69) is 0 Å². The predicted molar refractivity (Wildman–Crippen MR) is 55.3 cm³/mol. The van der Waals surface area contributed by atoms with Crippen LogP contribution in [0.15, 0.2) is 0 Å². The van der Waals surface area contributed by atoms with Crippen molar-refractivity contribution in [1.29, 1.82) is 0 Å². The van der Waals surface area contributed by atoms with Crippen molar-refractivity contribution < 1.29 is 19.8 Å². The number of carbonyl (C=O) groups excluding carboxylic acids is 2. The number of hydrogen-bond acceptors (Lipinski definition) is 4. The van der Waals surface area contributed by atoms with E-state index in [4.69, 9.17) is 0 Å². The highest BCUT2D eigenvalue weighted by Gasteiger charge is 2.51. The average molecular weight is 227 g/mol. The molecule has 2 bridgehead atoms.